The monoisotopic (exact) mass is 229 g/mol. The van der Waals surface area contributed by atoms with Crippen LogP contribution in [0, 0.1) is 0 Å². The minimum atomic E-state index is 0.196. The van der Waals surface area contributed by atoms with Crippen LogP contribution in [0.5, 0.6) is 5.75 Å². The molecule has 0 unspecified atom stereocenters. The summed E-state index contributed by atoms with van der Waals surface area (Å²) in [6.45, 7) is 1.92. The lowest BCUT2D eigenvalue weighted by atomic mass is 10.0. The quantitative estimate of drug-likeness (QED) is 0.876. The Kier molecular flexibility index (Phi) is 2.71. The van der Waals surface area contributed by atoms with Crippen LogP contribution < -0.4 is 10.5 Å². The van der Waals surface area contributed by atoms with E-state index in [4.69, 9.17) is 15.2 Å². The van der Waals surface area contributed by atoms with Gasteiger partial charge in [0.15, 0.2) is 0 Å². The maximum absolute atomic E-state index is 5.90. The fourth-order valence-electron chi connectivity index (χ4n) is 2.08. The normalized spacial score (nSPS) is 15.8. The summed E-state index contributed by atoms with van der Waals surface area (Å²) in [5.41, 5.74) is 6.89. The summed E-state index contributed by atoms with van der Waals surface area (Å²) in [5.74, 6) is 0.922. The second-order valence-electron chi connectivity index (χ2n) is 4.25. The summed E-state index contributed by atoms with van der Waals surface area (Å²) in [6.07, 6.45) is 0.196. The van der Waals surface area contributed by atoms with Crippen LogP contribution in [0.25, 0.3) is 10.8 Å². The van der Waals surface area contributed by atoms with E-state index in [1.807, 2.05) is 24.3 Å². The zero-order valence-corrected chi connectivity index (χ0v) is 9.56. The van der Waals surface area contributed by atoms with E-state index in [9.17, 15) is 0 Å². The number of hydrogen-bond acceptors (Lipinski definition) is 3. The number of rotatable bonds is 3. The van der Waals surface area contributed by atoms with Gasteiger partial charge in [-0.25, -0.2) is 0 Å². The summed E-state index contributed by atoms with van der Waals surface area (Å²) in [5, 5.41) is 2.30. The molecule has 2 aromatic rings. The molecule has 0 atom stereocenters. The average Bonchev–Trinajstić information content (AvgIpc) is 2.33. The Hall–Kier alpha value is -1.58. The third-order valence-electron chi connectivity index (χ3n) is 3.10. The standard InChI is InChI=1S/C14H15NO2/c15-7-10-5-6-14(17-11-8-16-9-11)13-4-2-1-3-12(10)13/h1-6,11H,7-9,15H2. The van der Waals surface area contributed by atoms with Gasteiger partial charge < -0.3 is 15.2 Å². The maximum Gasteiger partial charge on any atom is 0.145 e. The lowest BCUT2D eigenvalue weighted by Crippen LogP contribution is -2.38. The molecular weight excluding hydrogens is 214 g/mol. The number of hydrogen-bond donors (Lipinski definition) is 1. The zero-order valence-electron chi connectivity index (χ0n) is 9.56. The molecule has 0 amide bonds. The number of ether oxygens (including phenoxy) is 2. The van der Waals surface area contributed by atoms with Gasteiger partial charge in [0.25, 0.3) is 0 Å². The van der Waals surface area contributed by atoms with E-state index < -0.39 is 0 Å². The number of benzene rings is 2. The Balaban J connectivity index is 2.05. The first-order valence-corrected chi connectivity index (χ1v) is 5.83. The van der Waals surface area contributed by atoms with Crippen molar-refractivity contribution in [2.45, 2.75) is 12.6 Å². The van der Waals surface area contributed by atoms with Crippen molar-refractivity contribution in [2.24, 2.45) is 5.73 Å². The molecule has 1 saturated heterocycles. The Morgan fingerprint density at radius 2 is 1.88 bits per heavy atom. The molecule has 1 fully saturated rings. The van der Waals surface area contributed by atoms with Crippen LogP contribution in [0.2, 0.25) is 0 Å². The summed E-state index contributed by atoms with van der Waals surface area (Å²) in [6, 6.07) is 12.2. The largest absolute Gasteiger partial charge is 0.485 e. The molecule has 0 saturated carbocycles. The molecule has 0 radical (unpaired) electrons. The molecular formula is C14H15NO2. The fraction of sp³-hybridized carbons (Fsp3) is 0.286. The van der Waals surface area contributed by atoms with Crippen molar-refractivity contribution in [1.29, 1.82) is 0 Å². The molecule has 17 heavy (non-hydrogen) atoms. The van der Waals surface area contributed by atoms with Gasteiger partial charge in [-0.15, -0.1) is 0 Å². The van der Waals surface area contributed by atoms with Crippen LogP contribution >= 0.6 is 0 Å². The van der Waals surface area contributed by atoms with Crippen molar-refractivity contribution < 1.29 is 9.47 Å². The van der Waals surface area contributed by atoms with Crippen LogP contribution in [-0.2, 0) is 11.3 Å². The highest BCUT2D eigenvalue weighted by Gasteiger charge is 2.21. The molecule has 2 aromatic carbocycles. The summed E-state index contributed by atoms with van der Waals surface area (Å²) in [4.78, 5) is 0. The van der Waals surface area contributed by atoms with Crippen molar-refractivity contribution in [3.8, 4) is 5.75 Å². The van der Waals surface area contributed by atoms with Crippen LogP contribution in [-0.4, -0.2) is 19.3 Å². The van der Waals surface area contributed by atoms with Gasteiger partial charge in [0.1, 0.15) is 11.9 Å². The van der Waals surface area contributed by atoms with Gasteiger partial charge >= 0.3 is 0 Å². The molecule has 88 valence electrons. The van der Waals surface area contributed by atoms with E-state index in [1.54, 1.807) is 0 Å². The molecule has 3 heteroatoms. The second-order valence-corrected chi connectivity index (χ2v) is 4.25. The molecule has 0 bridgehead atoms. The van der Waals surface area contributed by atoms with E-state index in [2.05, 4.69) is 12.1 Å². The fourth-order valence-corrected chi connectivity index (χ4v) is 2.08. The third kappa shape index (κ3) is 1.88. The zero-order chi connectivity index (χ0) is 11.7. The third-order valence-corrected chi connectivity index (χ3v) is 3.10. The molecule has 2 N–H and O–H groups in total. The van der Waals surface area contributed by atoms with Gasteiger partial charge in [-0.05, 0) is 17.0 Å². The first kappa shape index (κ1) is 10.6. The van der Waals surface area contributed by atoms with E-state index in [0.717, 1.165) is 16.7 Å². The Bertz CT molecular complexity index is 535. The van der Waals surface area contributed by atoms with Crippen molar-refractivity contribution in [2.75, 3.05) is 13.2 Å². The highest BCUT2D eigenvalue weighted by Crippen LogP contribution is 2.29. The topological polar surface area (TPSA) is 44.5 Å². The molecule has 1 aliphatic rings. The Morgan fingerprint density at radius 1 is 1.12 bits per heavy atom. The molecule has 3 nitrogen and oxygen atoms in total. The van der Waals surface area contributed by atoms with Crippen LogP contribution in [0.4, 0.5) is 0 Å². The van der Waals surface area contributed by atoms with Crippen LogP contribution in [0.1, 0.15) is 5.56 Å². The Morgan fingerprint density at radius 3 is 2.53 bits per heavy atom. The molecule has 0 spiro atoms. The Labute approximate surface area is 100 Å². The summed E-state index contributed by atoms with van der Waals surface area (Å²) in [7, 11) is 0. The first-order valence-electron chi connectivity index (χ1n) is 5.83. The number of fused-ring (bicyclic) bond motifs is 1. The highest BCUT2D eigenvalue weighted by molar-refractivity contribution is 5.91. The molecule has 0 aliphatic carbocycles. The molecule has 0 aromatic heterocycles. The minimum Gasteiger partial charge on any atom is -0.485 e. The first-order chi connectivity index (χ1) is 8.38. The maximum atomic E-state index is 5.90. The highest BCUT2D eigenvalue weighted by atomic mass is 16.6. The lowest BCUT2D eigenvalue weighted by molar-refractivity contribution is -0.0791. The molecule has 1 heterocycles. The van der Waals surface area contributed by atoms with Gasteiger partial charge in [-0.1, -0.05) is 30.3 Å². The predicted octanol–water partition coefficient (Wildman–Crippen LogP) is 2.08. The van der Waals surface area contributed by atoms with Gasteiger partial charge in [-0.3, -0.25) is 0 Å². The average molecular weight is 229 g/mol. The van der Waals surface area contributed by atoms with Crippen LogP contribution in [0.15, 0.2) is 36.4 Å². The van der Waals surface area contributed by atoms with Crippen molar-refractivity contribution in [1.82, 2.24) is 0 Å². The minimum absolute atomic E-state index is 0.196. The molecule has 3 rings (SSSR count). The number of nitrogens with two attached hydrogens (primary N) is 1. The van der Waals surface area contributed by atoms with Crippen molar-refractivity contribution in [3.05, 3.63) is 42.0 Å². The van der Waals surface area contributed by atoms with Crippen molar-refractivity contribution in [3.63, 3.8) is 0 Å². The second kappa shape index (κ2) is 4.35. The lowest BCUT2D eigenvalue weighted by Gasteiger charge is -2.27. The van der Waals surface area contributed by atoms with Gasteiger partial charge in [0.05, 0.1) is 13.2 Å². The van der Waals surface area contributed by atoms with E-state index in [0.29, 0.717) is 19.8 Å². The summed E-state index contributed by atoms with van der Waals surface area (Å²) < 4.78 is 11.0. The van der Waals surface area contributed by atoms with Crippen LogP contribution in [0.3, 0.4) is 0 Å². The van der Waals surface area contributed by atoms with Crippen molar-refractivity contribution >= 4 is 10.8 Å². The van der Waals surface area contributed by atoms with E-state index in [1.165, 1.54) is 5.39 Å². The van der Waals surface area contributed by atoms with E-state index >= 15 is 0 Å². The van der Waals surface area contributed by atoms with Gasteiger partial charge in [0.2, 0.25) is 0 Å². The van der Waals surface area contributed by atoms with Gasteiger partial charge in [0, 0.05) is 11.9 Å². The summed E-state index contributed by atoms with van der Waals surface area (Å²) >= 11 is 0. The van der Waals surface area contributed by atoms with E-state index in [-0.39, 0.29) is 6.10 Å². The molecule has 1 aliphatic heterocycles. The van der Waals surface area contributed by atoms with Gasteiger partial charge in [-0.2, -0.15) is 0 Å². The predicted molar refractivity (Wildman–Crippen MR) is 67.1 cm³/mol. The SMILES string of the molecule is NCc1ccc(OC2COC2)c2ccccc12. The smallest absolute Gasteiger partial charge is 0.145 e.